The van der Waals surface area contributed by atoms with E-state index in [-0.39, 0.29) is 11.7 Å². The average molecular weight is 339 g/mol. The zero-order valence-corrected chi connectivity index (χ0v) is 14.9. The molecule has 0 heterocycles. The van der Waals surface area contributed by atoms with Crippen LogP contribution in [0.3, 0.4) is 0 Å². The first-order valence-corrected chi connectivity index (χ1v) is 9.28. The number of aryl methyl sites for hydroxylation is 1. The standard InChI is InChI=1S/C22H26FNO/c1-17-7-5-11-20(15-17)24(21-12-6-10-19(23)16-21)22(25)14-13-18-8-3-2-4-9-18/h5-7,10-12,15-16,18H,2-4,8-9,13-14H2,1H3. The molecule has 0 bridgehead atoms. The van der Waals surface area contributed by atoms with E-state index in [1.807, 2.05) is 31.2 Å². The van der Waals surface area contributed by atoms with E-state index >= 15 is 0 Å². The van der Waals surface area contributed by atoms with Crippen LogP contribution in [-0.4, -0.2) is 5.91 Å². The third-order valence-electron chi connectivity index (χ3n) is 5.07. The van der Waals surface area contributed by atoms with Gasteiger partial charge in [0.2, 0.25) is 5.91 Å². The Morgan fingerprint density at radius 3 is 2.40 bits per heavy atom. The van der Waals surface area contributed by atoms with Crippen LogP contribution in [0, 0.1) is 18.7 Å². The second-order valence-corrected chi connectivity index (χ2v) is 7.09. The van der Waals surface area contributed by atoms with Crippen LogP contribution < -0.4 is 4.90 Å². The number of benzene rings is 2. The number of rotatable bonds is 5. The molecule has 0 aliphatic heterocycles. The smallest absolute Gasteiger partial charge is 0.231 e. The van der Waals surface area contributed by atoms with Crippen LogP contribution in [-0.2, 0) is 4.79 Å². The second-order valence-electron chi connectivity index (χ2n) is 7.09. The first kappa shape index (κ1) is 17.7. The van der Waals surface area contributed by atoms with Crippen LogP contribution in [0.1, 0.15) is 50.5 Å². The van der Waals surface area contributed by atoms with Crippen molar-refractivity contribution < 1.29 is 9.18 Å². The van der Waals surface area contributed by atoms with Gasteiger partial charge in [-0.05, 0) is 55.2 Å². The number of nitrogens with zero attached hydrogens (tertiary/aromatic N) is 1. The van der Waals surface area contributed by atoms with E-state index < -0.39 is 0 Å². The monoisotopic (exact) mass is 339 g/mol. The minimum absolute atomic E-state index is 0.0433. The van der Waals surface area contributed by atoms with E-state index in [1.54, 1.807) is 17.0 Å². The molecule has 1 saturated carbocycles. The zero-order valence-electron chi connectivity index (χ0n) is 14.9. The number of halogens is 1. The molecule has 132 valence electrons. The van der Waals surface area contributed by atoms with Crippen LogP contribution in [0.4, 0.5) is 15.8 Å². The van der Waals surface area contributed by atoms with Crippen molar-refractivity contribution in [1.29, 1.82) is 0 Å². The topological polar surface area (TPSA) is 20.3 Å². The molecule has 0 unspecified atom stereocenters. The SMILES string of the molecule is Cc1cccc(N(C(=O)CCC2CCCCC2)c2cccc(F)c2)c1. The number of amides is 1. The summed E-state index contributed by atoms with van der Waals surface area (Å²) in [6.07, 6.45) is 7.79. The Balaban J connectivity index is 1.81. The van der Waals surface area contributed by atoms with Gasteiger partial charge in [-0.25, -0.2) is 4.39 Å². The van der Waals surface area contributed by atoms with Crippen molar-refractivity contribution in [1.82, 2.24) is 0 Å². The summed E-state index contributed by atoms with van der Waals surface area (Å²) in [6.45, 7) is 2.00. The minimum atomic E-state index is -0.324. The lowest BCUT2D eigenvalue weighted by atomic mass is 9.86. The lowest BCUT2D eigenvalue weighted by Gasteiger charge is -2.26. The molecule has 0 atom stereocenters. The van der Waals surface area contributed by atoms with Gasteiger partial charge < -0.3 is 0 Å². The molecule has 1 fully saturated rings. The Kier molecular flexibility index (Phi) is 5.85. The fourth-order valence-corrected chi connectivity index (χ4v) is 3.73. The Bertz CT molecular complexity index is 676. The average Bonchev–Trinajstić information content (AvgIpc) is 2.61. The molecule has 3 heteroatoms. The molecular formula is C22H26FNO. The van der Waals surface area contributed by atoms with Crippen LogP contribution in [0.25, 0.3) is 0 Å². The highest BCUT2D eigenvalue weighted by Crippen LogP contribution is 2.31. The minimum Gasteiger partial charge on any atom is -0.281 e. The summed E-state index contributed by atoms with van der Waals surface area (Å²) >= 11 is 0. The molecule has 0 radical (unpaired) electrons. The Morgan fingerprint density at radius 2 is 1.72 bits per heavy atom. The molecule has 2 aromatic rings. The van der Waals surface area contributed by atoms with Gasteiger partial charge in [-0.15, -0.1) is 0 Å². The van der Waals surface area contributed by atoms with E-state index in [2.05, 4.69) is 0 Å². The van der Waals surface area contributed by atoms with Gasteiger partial charge in [-0.1, -0.05) is 50.3 Å². The summed E-state index contributed by atoms with van der Waals surface area (Å²) in [5.41, 5.74) is 2.48. The number of carbonyl (C=O) groups is 1. The van der Waals surface area contributed by atoms with E-state index in [0.29, 0.717) is 18.0 Å². The fourth-order valence-electron chi connectivity index (χ4n) is 3.73. The van der Waals surface area contributed by atoms with E-state index in [1.165, 1.54) is 44.2 Å². The van der Waals surface area contributed by atoms with Crippen molar-refractivity contribution in [3.63, 3.8) is 0 Å². The molecule has 25 heavy (non-hydrogen) atoms. The van der Waals surface area contributed by atoms with Crippen LogP contribution in [0.5, 0.6) is 0 Å². The Labute approximate surface area is 149 Å². The van der Waals surface area contributed by atoms with Crippen molar-refractivity contribution in [3.8, 4) is 0 Å². The van der Waals surface area contributed by atoms with Gasteiger partial charge in [0.25, 0.3) is 0 Å². The van der Waals surface area contributed by atoms with E-state index in [4.69, 9.17) is 0 Å². The lowest BCUT2D eigenvalue weighted by molar-refractivity contribution is -0.118. The molecule has 1 amide bonds. The predicted molar refractivity (Wildman–Crippen MR) is 101 cm³/mol. The summed E-state index contributed by atoms with van der Waals surface area (Å²) in [4.78, 5) is 14.7. The molecule has 1 aliphatic rings. The molecule has 2 aromatic carbocycles. The number of hydrogen-bond donors (Lipinski definition) is 0. The summed E-state index contributed by atoms with van der Waals surface area (Å²) in [6, 6.07) is 14.1. The molecular weight excluding hydrogens is 313 g/mol. The maximum atomic E-state index is 13.7. The molecule has 1 aliphatic carbocycles. The van der Waals surface area contributed by atoms with Crippen molar-refractivity contribution in [2.75, 3.05) is 4.90 Å². The van der Waals surface area contributed by atoms with E-state index in [0.717, 1.165) is 17.7 Å². The first-order valence-electron chi connectivity index (χ1n) is 9.28. The number of hydrogen-bond acceptors (Lipinski definition) is 1. The lowest BCUT2D eigenvalue weighted by Crippen LogP contribution is -2.26. The molecule has 0 N–H and O–H groups in total. The van der Waals surface area contributed by atoms with Crippen molar-refractivity contribution in [3.05, 3.63) is 59.9 Å². The van der Waals surface area contributed by atoms with Crippen LogP contribution in [0.2, 0.25) is 0 Å². The summed E-state index contributed by atoms with van der Waals surface area (Å²) < 4.78 is 13.7. The highest BCUT2D eigenvalue weighted by Gasteiger charge is 2.21. The van der Waals surface area contributed by atoms with E-state index in [9.17, 15) is 9.18 Å². The van der Waals surface area contributed by atoms with Gasteiger partial charge in [-0.3, -0.25) is 9.69 Å². The molecule has 0 spiro atoms. The summed E-state index contributed by atoms with van der Waals surface area (Å²) in [7, 11) is 0. The highest BCUT2D eigenvalue weighted by molar-refractivity contribution is 6.00. The third kappa shape index (κ3) is 4.68. The zero-order chi connectivity index (χ0) is 17.6. The molecule has 0 saturated heterocycles. The first-order chi connectivity index (χ1) is 12.1. The second kappa shape index (κ2) is 8.28. The summed E-state index contributed by atoms with van der Waals surface area (Å²) in [5.74, 6) is 0.376. The van der Waals surface area contributed by atoms with Crippen LogP contribution in [0.15, 0.2) is 48.5 Å². The Hall–Kier alpha value is -2.16. The van der Waals surface area contributed by atoms with Crippen molar-refractivity contribution in [2.24, 2.45) is 5.92 Å². The molecule has 3 rings (SSSR count). The van der Waals surface area contributed by atoms with Gasteiger partial charge in [0.1, 0.15) is 5.82 Å². The van der Waals surface area contributed by atoms with Gasteiger partial charge in [0.15, 0.2) is 0 Å². The van der Waals surface area contributed by atoms with Gasteiger partial charge >= 0.3 is 0 Å². The van der Waals surface area contributed by atoms with Crippen molar-refractivity contribution in [2.45, 2.75) is 51.9 Å². The molecule has 0 aromatic heterocycles. The summed E-state index contributed by atoms with van der Waals surface area (Å²) in [5, 5.41) is 0. The maximum absolute atomic E-state index is 13.7. The Morgan fingerprint density at radius 1 is 1.04 bits per heavy atom. The third-order valence-corrected chi connectivity index (χ3v) is 5.07. The number of carbonyl (C=O) groups excluding carboxylic acids is 1. The highest BCUT2D eigenvalue weighted by atomic mass is 19.1. The predicted octanol–water partition coefficient (Wildman–Crippen LogP) is 6.16. The quantitative estimate of drug-likeness (QED) is 0.639. The van der Waals surface area contributed by atoms with Crippen molar-refractivity contribution >= 4 is 17.3 Å². The largest absolute Gasteiger partial charge is 0.281 e. The van der Waals surface area contributed by atoms with Gasteiger partial charge in [0, 0.05) is 12.1 Å². The maximum Gasteiger partial charge on any atom is 0.231 e. The van der Waals surface area contributed by atoms with Gasteiger partial charge in [0.05, 0.1) is 5.69 Å². The normalized spacial score (nSPS) is 15.1. The molecule has 2 nitrogen and oxygen atoms in total. The fraction of sp³-hybridized carbons (Fsp3) is 0.409. The van der Waals surface area contributed by atoms with Crippen LogP contribution >= 0.6 is 0 Å². The van der Waals surface area contributed by atoms with Gasteiger partial charge in [-0.2, -0.15) is 0 Å². The number of anilines is 2.